The zero-order valence-corrected chi connectivity index (χ0v) is 12.5. The molecule has 2 aromatic rings. The van der Waals surface area contributed by atoms with Crippen LogP contribution in [-0.2, 0) is 5.41 Å². The molecule has 4 saturated carbocycles. The Hall–Kier alpha value is -1.29. The first-order valence-corrected chi connectivity index (χ1v) is 8.09. The van der Waals surface area contributed by atoms with E-state index in [2.05, 4.69) is 10.2 Å². The number of furan rings is 1. The minimum atomic E-state index is -0.0383. The average molecular weight is 305 g/mol. The van der Waals surface area contributed by atoms with Gasteiger partial charge >= 0.3 is 0 Å². The van der Waals surface area contributed by atoms with Crippen LogP contribution in [0.15, 0.2) is 27.2 Å². The van der Waals surface area contributed by atoms with Gasteiger partial charge in [0.15, 0.2) is 5.76 Å². The summed E-state index contributed by atoms with van der Waals surface area (Å²) >= 11 is 6.87. The molecule has 0 spiro atoms. The number of alkyl halides is 1. The molecule has 0 amide bonds. The summed E-state index contributed by atoms with van der Waals surface area (Å²) in [6.07, 6.45) is 8.55. The zero-order chi connectivity index (χ0) is 14.1. The molecule has 4 aliphatic carbocycles. The Morgan fingerprint density at radius 1 is 1.14 bits per heavy atom. The van der Waals surface area contributed by atoms with Crippen LogP contribution in [0, 0.1) is 11.8 Å². The smallest absolute Gasteiger partial charge is 0.283 e. The molecule has 4 atom stereocenters. The fourth-order valence-corrected chi connectivity index (χ4v) is 6.03. The zero-order valence-electron chi connectivity index (χ0n) is 11.7. The summed E-state index contributed by atoms with van der Waals surface area (Å²) in [4.78, 5) is -0.0383. The molecule has 4 fully saturated rings. The van der Waals surface area contributed by atoms with E-state index in [-0.39, 0.29) is 10.3 Å². The first kappa shape index (κ1) is 12.3. The summed E-state index contributed by atoms with van der Waals surface area (Å²) < 4.78 is 11.3. The summed E-state index contributed by atoms with van der Waals surface area (Å²) in [5.74, 6) is 3.34. The molecule has 2 unspecified atom stereocenters. The molecule has 2 heterocycles. The third kappa shape index (κ3) is 1.75. The quantitative estimate of drug-likeness (QED) is 0.782. The van der Waals surface area contributed by atoms with E-state index in [1.807, 2.05) is 12.1 Å². The number of hydrogen-bond acceptors (Lipinski definition) is 4. The van der Waals surface area contributed by atoms with Gasteiger partial charge in [0, 0.05) is 4.87 Å². The van der Waals surface area contributed by atoms with E-state index in [0.29, 0.717) is 11.7 Å². The highest BCUT2D eigenvalue weighted by atomic mass is 35.5. The SMILES string of the molecule is ClC12C[C@H]3C[C@@H](C1)CC(c1nnc(-c4ccco4)o1)(C3)C2. The second-order valence-corrected chi connectivity index (χ2v) is 8.08. The molecule has 4 bridgehead atoms. The number of aromatic nitrogens is 2. The van der Waals surface area contributed by atoms with Gasteiger partial charge in [0.05, 0.1) is 11.7 Å². The average Bonchev–Trinajstić information content (AvgIpc) is 3.07. The topological polar surface area (TPSA) is 52.1 Å². The Morgan fingerprint density at radius 2 is 1.95 bits per heavy atom. The lowest BCUT2D eigenvalue weighted by molar-refractivity contribution is -0.00427. The Labute approximate surface area is 127 Å². The third-order valence-corrected chi connectivity index (χ3v) is 6.04. The van der Waals surface area contributed by atoms with Crippen LogP contribution in [0.4, 0.5) is 0 Å². The second kappa shape index (κ2) is 3.92. The molecular weight excluding hydrogens is 288 g/mol. The normalized spacial score (nSPS) is 40.8. The van der Waals surface area contributed by atoms with Crippen molar-refractivity contribution in [1.29, 1.82) is 0 Å². The summed E-state index contributed by atoms with van der Waals surface area (Å²) in [7, 11) is 0. The van der Waals surface area contributed by atoms with Crippen molar-refractivity contribution in [2.45, 2.75) is 48.8 Å². The van der Waals surface area contributed by atoms with Crippen molar-refractivity contribution in [2.24, 2.45) is 11.8 Å². The van der Waals surface area contributed by atoms with E-state index in [1.54, 1.807) is 6.26 Å². The van der Waals surface area contributed by atoms with Gasteiger partial charge in [-0.05, 0) is 62.5 Å². The highest BCUT2D eigenvalue weighted by Gasteiger charge is 2.59. The minimum Gasteiger partial charge on any atom is -0.459 e. The molecule has 4 aliphatic rings. The van der Waals surface area contributed by atoms with Crippen LogP contribution in [-0.4, -0.2) is 15.1 Å². The number of hydrogen-bond donors (Lipinski definition) is 0. The predicted molar refractivity (Wildman–Crippen MR) is 76.9 cm³/mol. The molecule has 6 rings (SSSR count). The third-order valence-electron chi connectivity index (χ3n) is 5.60. The van der Waals surface area contributed by atoms with Crippen molar-refractivity contribution in [3.8, 4) is 11.7 Å². The van der Waals surface area contributed by atoms with Gasteiger partial charge in [-0.25, -0.2) is 0 Å². The number of rotatable bonds is 2. The van der Waals surface area contributed by atoms with Gasteiger partial charge in [0.25, 0.3) is 5.89 Å². The fourth-order valence-electron chi connectivity index (χ4n) is 5.34. The first-order valence-electron chi connectivity index (χ1n) is 7.71. The second-order valence-electron chi connectivity index (χ2n) is 7.28. The van der Waals surface area contributed by atoms with Gasteiger partial charge in [-0.15, -0.1) is 21.8 Å². The van der Waals surface area contributed by atoms with Gasteiger partial charge in [0.1, 0.15) is 0 Å². The number of nitrogens with zero attached hydrogens (tertiary/aromatic N) is 2. The summed E-state index contributed by atoms with van der Waals surface area (Å²) in [6.45, 7) is 0. The van der Waals surface area contributed by atoms with Crippen molar-refractivity contribution >= 4 is 11.6 Å². The lowest BCUT2D eigenvalue weighted by Gasteiger charge is -2.58. The van der Waals surface area contributed by atoms with Crippen LogP contribution in [0.1, 0.15) is 44.4 Å². The maximum atomic E-state index is 6.87. The molecule has 2 aromatic heterocycles. The van der Waals surface area contributed by atoms with Crippen molar-refractivity contribution < 1.29 is 8.83 Å². The molecule has 21 heavy (non-hydrogen) atoms. The van der Waals surface area contributed by atoms with Gasteiger partial charge < -0.3 is 8.83 Å². The van der Waals surface area contributed by atoms with Crippen molar-refractivity contribution in [3.63, 3.8) is 0 Å². The van der Waals surface area contributed by atoms with E-state index in [9.17, 15) is 0 Å². The van der Waals surface area contributed by atoms with Crippen LogP contribution in [0.2, 0.25) is 0 Å². The Balaban J connectivity index is 1.55. The van der Waals surface area contributed by atoms with Crippen LogP contribution in [0.5, 0.6) is 0 Å². The molecule has 110 valence electrons. The Morgan fingerprint density at radius 3 is 2.62 bits per heavy atom. The molecule has 5 heteroatoms. The highest BCUT2D eigenvalue weighted by Crippen LogP contribution is 2.64. The predicted octanol–water partition coefficient (Wildman–Crippen LogP) is 4.16. The van der Waals surface area contributed by atoms with E-state index in [1.165, 1.54) is 6.42 Å². The lowest BCUT2D eigenvalue weighted by Crippen LogP contribution is -2.55. The van der Waals surface area contributed by atoms with E-state index in [4.69, 9.17) is 20.4 Å². The van der Waals surface area contributed by atoms with Crippen LogP contribution in [0.3, 0.4) is 0 Å². The van der Waals surface area contributed by atoms with Crippen LogP contribution >= 0.6 is 11.6 Å². The van der Waals surface area contributed by atoms with E-state index >= 15 is 0 Å². The summed E-state index contributed by atoms with van der Waals surface area (Å²) in [6, 6.07) is 3.68. The monoisotopic (exact) mass is 304 g/mol. The summed E-state index contributed by atoms with van der Waals surface area (Å²) in [5, 5.41) is 8.54. The minimum absolute atomic E-state index is 0.00365. The molecule has 0 N–H and O–H groups in total. The standard InChI is InChI=1S/C16H17ClN2O2/c17-16-7-10-4-11(8-16)6-15(5-10,9-16)14-19-18-13(21-14)12-2-1-3-20-12/h1-3,10-11H,4-9H2/t10-,11+,15?,16?. The first-order chi connectivity index (χ1) is 10.1. The molecular formula is C16H17ClN2O2. The van der Waals surface area contributed by atoms with E-state index < -0.39 is 0 Å². The molecule has 0 radical (unpaired) electrons. The number of halogens is 1. The maximum absolute atomic E-state index is 6.87. The van der Waals surface area contributed by atoms with Crippen molar-refractivity contribution in [1.82, 2.24) is 10.2 Å². The van der Waals surface area contributed by atoms with Gasteiger partial charge in [-0.1, -0.05) is 0 Å². The Bertz CT molecular complexity index is 664. The lowest BCUT2D eigenvalue weighted by atomic mass is 9.49. The van der Waals surface area contributed by atoms with Crippen molar-refractivity contribution in [2.75, 3.05) is 0 Å². The van der Waals surface area contributed by atoms with Gasteiger partial charge in [-0.3, -0.25) is 0 Å². The molecule has 0 aliphatic heterocycles. The largest absolute Gasteiger partial charge is 0.459 e. The highest BCUT2D eigenvalue weighted by molar-refractivity contribution is 6.24. The van der Waals surface area contributed by atoms with Gasteiger partial charge in [0.2, 0.25) is 5.89 Å². The van der Waals surface area contributed by atoms with Gasteiger partial charge in [-0.2, -0.15) is 0 Å². The van der Waals surface area contributed by atoms with Crippen LogP contribution in [0.25, 0.3) is 11.7 Å². The maximum Gasteiger partial charge on any atom is 0.283 e. The molecule has 4 nitrogen and oxygen atoms in total. The fraction of sp³-hybridized carbons (Fsp3) is 0.625. The van der Waals surface area contributed by atoms with E-state index in [0.717, 1.165) is 49.8 Å². The molecule has 0 aromatic carbocycles. The molecule has 0 saturated heterocycles. The summed E-state index contributed by atoms with van der Waals surface area (Å²) in [5.41, 5.74) is 0.00365. The Kier molecular flexibility index (Phi) is 2.29. The van der Waals surface area contributed by atoms with Crippen molar-refractivity contribution in [3.05, 3.63) is 24.3 Å². The van der Waals surface area contributed by atoms with Crippen LogP contribution < -0.4 is 0 Å².